The van der Waals surface area contributed by atoms with Crippen molar-refractivity contribution in [2.75, 3.05) is 19.8 Å². The Hall–Kier alpha value is -2.17. The zero-order valence-corrected chi connectivity index (χ0v) is 17.2. The predicted octanol–water partition coefficient (Wildman–Crippen LogP) is 4.82. The van der Waals surface area contributed by atoms with Gasteiger partial charge in [0.2, 0.25) is 6.41 Å². The second-order valence-corrected chi connectivity index (χ2v) is 7.76. The van der Waals surface area contributed by atoms with Crippen molar-refractivity contribution in [1.29, 1.82) is 0 Å². The van der Waals surface area contributed by atoms with Gasteiger partial charge in [0.05, 0.1) is 0 Å². The molecule has 1 N–H and O–H groups in total. The van der Waals surface area contributed by atoms with Crippen LogP contribution in [0.2, 0.25) is 0 Å². The maximum absolute atomic E-state index is 10.7. The van der Waals surface area contributed by atoms with Crippen LogP contribution in [-0.2, 0) is 19.7 Å². The van der Waals surface area contributed by atoms with Crippen LogP contribution in [0.5, 0.6) is 0 Å². The first kappa shape index (κ1) is 21.5. The highest BCUT2D eigenvalue weighted by molar-refractivity contribution is 5.45. The van der Waals surface area contributed by atoms with Gasteiger partial charge in [-0.3, -0.25) is 4.79 Å². The molecule has 0 aromatic heterocycles. The SMILES string of the molecule is O=CNCCCC(CCCOC1CCCCO1)(c1ccccc1)c1ccccc1. The lowest BCUT2D eigenvalue weighted by molar-refractivity contribution is -0.163. The Morgan fingerprint density at radius 2 is 1.62 bits per heavy atom. The number of ether oxygens (including phenoxy) is 2. The van der Waals surface area contributed by atoms with Crippen LogP contribution in [0.3, 0.4) is 0 Å². The highest BCUT2D eigenvalue weighted by Gasteiger charge is 2.33. The van der Waals surface area contributed by atoms with E-state index in [9.17, 15) is 4.79 Å². The molecule has 2 aromatic carbocycles. The quantitative estimate of drug-likeness (QED) is 0.414. The van der Waals surface area contributed by atoms with E-state index in [1.54, 1.807) is 0 Å². The van der Waals surface area contributed by atoms with Crippen LogP contribution in [0, 0.1) is 0 Å². The minimum atomic E-state index is -0.0934. The van der Waals surface area contributed by atoms with Crippen molar-refractivity contribution in [2.24, 2.45) is 0 Å². The highest BCUT2D eigenvalue weighted by Crippen LogP contribution is 2.41. The van der Waals surface area contributed by atoms with E-state index in [4.69, 9.17) is 9.47 Å². The van der Waals surface area contributed by atoms with E-state index >= 15 is 0 Å². The molecule has 1 fully saturated rings. The Kier molecular flexibility index (Phi) is 8.72. The first-order valence-corrected chi connectivity index (χ1v) is 10.9. The summed E-state index contributed by atoms with van der Waals surface area (Å²) in [6, 6.07) is 21.5. The third-order valence-electron chi connectivity index (χ3n) is 5.85. The summed E-state index contributed by atoms with van der Waals surface area (Å²) >= 11 is 0. The van der Waals surface area contributed by atoms with Gasteiger partial charge in [0, 0.05) is 25.2 Å². The summed E-state index contributed by atoms with van der Waals surface area (Å²) in [5, 5.41) is 2.81. The van der Waals surface area contributed by atoms with Crippen molar-refractivity contribution >= 4 is 6.41 Å². The van der Waals surface area contributed by atoms with E-state index in [1.807, 2.05) is 0 Å². The van der Waals surface area contributed by atoms with Crippen LogP contribution in [0.1, 0.15) is 56.1 Å². The van der Waals surface area contributed by atoms with E-state index in [-0.39, 0.29) is 11.7 Å². The second-order valence-electron chi connectivity index (χ2n) is 7.76. The Balaban J connectivity index is 1.75. The minimum absolute atomic E-state index is 0.0385. The molecule has 29 heavy (non-hydrogen) atoms. The second kappa shape index (κ2) is 11.7. The largest absolute Gasteiger partial charge is 0.359 e. The van der Waals surface area contributed by atoms with Crippen molar-refractivity contribution in [2.45, 2.75) is 56.7 Å². The molecule has 156 valence electrons. The van der Waals surface area contributed by atoms with E-state index in [2.05, 4.69) is 66.0 Å². The summed E-state index contributed by atoms with van der Waals surface area (Å²) in [5.74, 6) is 0. The van der Waals surface area contributed by atoms with Crippen LogP contribution >= 0.6 is 0 Å². The average Bonchev–Trinajstić information content (AvgIpc) is 2.80. The van der Waals surface area contributed by atoms with E-state index in [0.29, 0.717) is 13.2 Å². The smallest absolute Gasteiger partial charge is 0.207 e. The van der Waals surface area contributed by atoms with Gasteiger partial charge in [-0.25, -0.2) is 0 Å². The fourth-order valence-electron chi connectivity index (χ4n) is 4.37. The number of hydrogen-bond donors (Lipinski definition) is 1. The maximum atomic E-state index is 10.7. The van der Waals surface area contributed by atoms with Crippen LogP contribution in [0.15, 0.2) is 60.7 Å². The first-order chi connectivity index (χ1) is 14.3. The molecule has 1 amide bonds. The van der Waals surface area contributed by atoms with Crippen LogP contribution < -0.4 is 5.32 Å². The topological polar surface area (TPSA) is 47.6 Å². The number of carbonyl (C=O) groups is 1. The Morgan fingerprint density at radius 1 is 0.966 bits per heavy atom. The molecule has 1 saturated heterocycles. The molecule has 1 aliphatic heterocycles. The fourth-order valence-corrected chi connectivity index (χ4v) is 4.37. The van der Waals surface area contributed by atoms with Gasteiger partial charge in [0.25, 0.3) is 0 Å². The Labute approximate surface area is 174 Å². The summed E-state index contributed by atoms with van der Waals surface area (Å²) in [7, 11) is 0. The zero-order chi connectivity index (χ0) is 20.2. The van der Waals surface area contributed by atoms with Crippen molar-refractivity contribution in [3.05, 3.63) is 71.8 Å². The Bertz CT molecular complexity index is 659. The molecular weight excluding hydrogens is 362 g/mol. The lowest BCUT2D eigenvalue weighted by Gasteiger charge is -2.36. The van der Waals surface area contributed by atoms with E-state index in [0.717, 1.165) is 51.5 Å². The molecule has 0 bridgehead atoms. The van der Waals surface area contributed by atoms with Crippen molar-refractivity contribution < 1.29 is 14.3 Å². The van der Waals surface area contributed by atoms with E-state index < -0.39 is 0 Å². The summed E-state index contributed by atoms with van der Waals surface area (Å²) < 4.78 is 11.7. The summed E-state index contributed by atoms with van der Waals surface area (Å²) in [6.45, 7) is 2.21. The molecule has 4 nitrogen and oxygen atoms in total. The maximum Gasteiger partial charge on any atom is 0.207 e. The van der Waals surface area contributed by atoms with Gasteiger partial charge in [-0.1, -0.05) is 60.7 Å². The van der Waals surface area contributed by atoms with Crippen molar-refractivity contribution in [1.82, 2.24) is 5.32 Å². The van der Waals surface area contributed by atoms with Gasteiger partial charge in [0.1, 0.15) is 0 Å². The highest BCUT2D eigenvalue weighted by atomic mass is 16.7. The molecule has 0 aliphatic carbocycles. The number of rotatable bonds is 12. The molecule has 1 aliphatic rings. The molecule has 2 aromatic rings. The third-order valence-corrected chi connectivity index (χ3v) is 5.85. The number of carbonyl (C=O) groups excluding carboxylic acids is 1. The van der Waals surface area contributed by atoms with E-state index in [1.165, 1.54) is 17.5 Å². The lowest BCUT2D eigenvalue weighted by Crippen LogP contribution is -2.30. The summed E-state index contributed by atoms with van der Waals surface area (Å²) in [5.41, 5.74) is 2.56. The van der Waals surface area contributed by atoms with Crippen molar-refractivity contribution in [3.8, 4) is 0 Å². The molecule has 3 rings (SSSR count). The number of benzene rings is 2. The molecule has 0 saturated carbocycles. The summed E-state index contributed by atoms with van der Waals surface area (Å²) in [6.07, 6.45) is 7.93. The average molecular weight is 396 g/mol. The lowest BCUT2D eigenvalue weighted by atomic mass is 9.68. The Morgan fingerprint density at radius 3 is 2.21 bits per heavy atom. The fraction of sp³-hybridized carbons (Fsp3) is 0.480. The number of hydrogen-bond acceptors (Lipinski definition) is 3. The minimum Gasteiger partial charge on any atom is -0.359 e. The number of nitrogens with one attached hydrogen (secondary N) is 1. The van der Waals surface area contributed by atoms with Crippen LogP contribution in [0.4, 0.5) is 0 Å². The van der Waals surface area contributed by atoms with Crippen molar-refractivity contribution in [3.63, 3.8) is 0 Å². The van der Waals surface area contributed by atoms with Crippen LogP contribution in [-0.4, -0.2) is 32.5 Å². The van der Waals surface area contributed by atoms with Gasteiger partial charge < -0.3 is 14.8 Å². The predicted molar refractivity (Wildman–Crippen MR) is 116 cm³/mol. The standard InChI is InChI=1S/C25H33NO3/c27-21-26-18-9-16-25(22-11-3-1-4-12-22,23-13-5-2-6-14-23)17-10-20-29-24-15-7-8-19-28-24/h1-6,11-14,21,24H,7-10,15-20H2,(H,26,27). The first-order valence-electron chi connectivity index (χ1n) is 10.9. The summed E-state index contributed by atoms with van der Waals surface area (Å²) in [4.78, 5) is 10.7. The molecule has 4 heteroatoms. The van der Waals surface area contributed by atoms with Gasteiger partial charge in [-0.05, 0) is 56.1 Å². The molecule has 1 unspecified atom stereocenters. The zero-order valence-electron chi connectivity index (χ0n) is 17.2. The third kappa shape index (κ3) is 6.15. The molecule has 0 spiro atoms. The molecular formula is C25H33NO3. The monoisotopic (exact) mass is 395 g/mol. The molecule has 1 atom stereocenters. The number of amides is 1. The normalized spacial score (nSPS) is 17.0. The van der Waals surface area contributed by atoms with Gasteiger partial charge >= 0.3 is 0 Å². The molecule has 1 heterocycles. The van der Waals surface area contributed by atoms with Crippen LogP contribution in [0.25, 0.3) is 0 Å². The van der Waals surface area contributed by atoms with Gasteiger partial charge in [0.15, 0.2) is 6.29 Å². The van der Waals surface area contributed by atoms with Gasteiger partial charge in [-0.15, -0.1) is 0 Å². The van der Waals surface area contributed by atoms with Gasteiger partial charge in [-0.2, -0.15) is 0 Å². The molecule has 0 radical (unpaired) electrons.